The van der Waals surface area contributed by atoms with Crippen LogP contribution < -0.4 is 0 Å². The number of aromatic nitrogens is 5. The molecule has 2 aromatic heterocycles. The maximum atomic E-state index is 12.6. The molecule has 4 rings (SSSR count). The van der Waals surface area contributed by atoms with Gasteiger partial charge in [0.05, 0.1) is 5.56 Å². The molecule has 0 atom stereocenters. The lowest BCUT2D eigenvalue weighted by atomic mass is 10.1. The third kappa shape index (κ3) is 2.98. The number of fused-ring (bicyclic) bond motifs is 1. The smallest absolute Gasteiger partial charge is 0.343 e. The van der Waals surface area contributed by atoms with Crippen LogP contribution in [-0.2, 0) is 12.7 Å². The predicted octanol–water partition coefficient (Wildman–Crippen LogP) is 3.89. The van der Waals surface area contributed by atoms with E-state index in [1.54, 1.807) is 0 Å². The van der Waals surface area contributed by atoms with E-state index in [9.17, 15) is 13.2 Å². The van der Waals surface area contributed by atoms with E-state index in [-0.39, 0.29) is 0 Å². The van der Waals surface area contributed by atoms with Crippen LogP contribution in [-0.4, -0.2) is 25.2 Å². The van der Waals surface area contributed by atoms with Crippen molar-refractivity contribution >= 4 is 10.9 Å². The summed E-state index contributed by atoms with van der Waals surface area (Å²) in [6, 6.07) is 12.9. The third-order valence-corrected chi connectivity index (χ3v) is 4.01. The molecule has 0 amide bonds. The fourth-order valence-electron chi connectivity index (χ4n) is 2.76. The van der Waals surface area contributed by atoms with Crippen molar-refractivity contribution < 1.29 is 13.2 Å². The fraction of sp³-hybridized carbons (Fsp3) is 0.118. The van der Waals surface area contributed by atoms with Gasteiger partial charge in [0.25, 0.3) is 0 Å². The molecule has 2 heterocycles. The molecule has 1 N–H and O–H groups in total. The summed E-state index contributed by atoms with van der Waals surface area (Å²) in [6.07, 6.45) is -2.41. The van der Waals surface area contributed by atoms with E-state index in [1.807, 2.05) is 35.0 Å². The van der Waals surface area contributed by atoms with Gasteiger partial charge >= 0.3 is 6.18 Å². The largest absolute Gasteiger partial charge is 0.416 e. The monoisotopic (exact) mass is 343 g/mol. The van der Waals surface area contributed by atoms with E-state index in [2.05, 4.69) is 20.6 Å². The normalized spacial score (nSPS) is 12.0. The number of alkyl halides is 3. The third-order valence-electron chi connectivity index (χ3n) is 4.01. The highest BCUT2D eigenvalue weighted by Crippen LogP contribution is 2.29. The molecule has 4 aromatic rings. The zero-order chi connectivity index (χ0) is 17.4. The Balaban J connectivity index is 1.62. The summed E-state index contributed by atoms with van der Waals surface area (Å²) in [5, 5.41) is 14.9. The van der Waals surface area contributed by atoms with Crippen molar-refractivity contribution in [2.24, 2.45) is 0 Å². The number of benzene rings is 2. The van der Waals surface area contributed by atoms with E-state index >= 15 is 0 Å². The predicted molar refractivity (Wildman–Crippen MR) is 85.7 cm³/mol. The summed E-state index contributed by atoms with van der Waals surface area (Å²) in [5.41, 5.74) is 1.98. The van der Waals surface area contributed by atoms with Crippen molar-refractivity contribution in [3.8, 4) is 11.4 Å². The van der Waals surface area contributed by atoms with E-state index in [1.165, 1.54) is 12.1 Å². The average Bonchev–Trinajstić information content (AvgIpc) is 3.24. The van der Waals surface area contributed by atoms with Crippen molar-refractivity contribution in [1.82, 2.24) is 25.2 Å². The molecule has 0 bridgehead atoms. The minimum Gasteiger partial charge on any atom is -0.343 e. The standard InChI is InChI=1S/C17H12F3N5/c18-17(19,20)14-4-1-11(2-5-14)10-25-8-7-12-9-13(3-6-15(12)25)16-21-23-24-22-16/h1-9H,10H2,(H,21,22,23,24). The molecule has 126 valence electrons. The summed E-state index contributed by atoms with van der Waals surface area (Å²) < 4.78 is 39.9. The second-order valence-corrected chi connectivity index (χ2v) is 5.65. The summed E-state index contributed by atoms with van der Waals surface area (Å²) in [6.45, 7) is 0.489. The van der Waals surface area contributed by atoms with Gasteiger partial charge in [0.15, 0.2) is 0 Å². The van der Waals surface area contributed by atoms with Gasteiger partial charge in [0.2, 0.25) is 5.82 Å². The zero-order valence-electron chi connectivity index (χ0n) is 12.8. The highest BCUT2D eigenvalue weighted by atomic mass is 19.4. The lowest BCUT2D eigenvalue weighted by Gasteiger charge is -2.09. The molecule has 0 aliphatic heterocycles. The number of rotatable bonds is 3. The highest BCUT2D eigenvalue weighted by molar-refractivity contribution is 5.84. The van der Waals surface area contributed by atoms with Crippen LogP contribution in [0.2, 0.25) is 0 Å². The number of H-pyrrole nitrogens is 1. The first-order valence-electron chi connectivity index (χ1n) is 7.49. The van der Waals surface area contributed by atoms with Gasteiger partial charge in [-0.15, -0.1) is 10.2 Å². The van der Waals surface area contributed by atoms with Crippen LogP contribution in [0.5, 0.6) is 0 Å². The lowest BCUT2D eigenvalue weighted by Crippen LogP contribution is -2.05. The topological polar surface area (TPSA) is 59.4 Å². The lowest BCUT2D eigenvalue weighted by molar-refractivity contribution is -0.137. The zero-order valence-corrected chi connectivity index (χ0v) is 12.8. The van der Waals surface area contributed by atoms with Crippen molar-refractivity contribution in [3.05, 3.63) is 65.9 Å². The SMILES string of the molecule is FC(F)(F)c1ccc(Cn2ccc3cc(-c4nn[nH]n4)ccc32)cc1. The Morgan fingerprint density at radius 2 is 1.80 bits per heavy atom. The maximum absolute atomic E-state index is 12.6. The Labute approximate surface area is 140 Å². The summed E-state index contributed by atoms with van der Waals surface area (Å²) in [7, 11) is 0. The van der Waals surface area contributed by atoms with Gasteiger partial charge in [-0.25, -0.2) is 0 Å². The van der Waals surface area contributed by atoms with Crippen LogP contribution in [0.1, 0.15) is 11.1 Å². The Bertz CT molecular complexity index is 1000. The average molecular weight is 343 g/mol. The van der Waals surface area contributed by atoms with E-state index in [0.29, 0.717) is 12.4 Å². The molecule has 0 aliphatic rings. The second kappa shape index (κ2) is 5.73. The quantitative estimate of drug-likeness (QED) is 0.614. The molecule has 0 aliphatic carbocycles. The maximum Gasteiger partial charge on any atom is 0.416 e. The van der Waals surface area contributed by atoms with Crippen LogP contribution in [0.4, 0.5) is 13.2 Å². The molecule has 0 unspecified atom stereocenters. The van der Waals surface area contributed by atoms with Crippen LogP contribution in [0.15, 0.2) is 54.7 Å². The summed E-state index contributed by atoms with van der Waals surface area (Å²) in [5.74, 6) is 0.511. The van der Waals surface area contributed by atoms with Gasteiger partial charge in [-0.05, 0) is 47.2 Å². The molecule has 0 saturated carbocycles. The number of nitrogens with zero attached hydrogens (tertiary/aromatic N) is 4. The number of halogens is 3. The van der Waals surface area contributed by atoms with E-state index in [4.69, 9.17) is 0 Å². The van der Waals surface area contributed by atoms with Gasteiger partial charge in [-0.1, -0.05) is 12.1 Å². The van der Waals surface area contributed by atoms with E-state index in [0.717, 1.165) is 34.2 Å². The first kappa shape index (κ1) is 15.4. The molecular weight excluding hydrogens is 331 g/mol. The first-order valence-corrected chi connectivity index (χ1v) is 7.49. The Hall–Kier alpha value is -3.16. The number of hydrogen-bond donors (Lipinski definition) is 1. The minimum absolute atomic E-state index is 0.489. The molecule has 0 spiro atoms. The van der Waals surface area contributed by atoms with Gasteiger partial charge in [-0.2, -0.15) is 18.4 Å². The van der Waals surface area contributed by atoms with Gasteiger partial charge in [0.1, 0.15) is 0 Å². The van der Waals surface area contributed by atoms with Crippen molar-refractivity contribution in [2.45, 2.75) is 12.7 Å². The van der Waals surface area contributed by atoms with Crippen LogP contribution >= 0.6 is 0 Å². The number of hydrogen-bond acceptors (Lipinski definition) is 3. The van der Waals surface area contributed by atoms with Crippen molar-refractivity contribution in [2.75, 3.05) is 0 Å². The van der Waals surface area contributed by atoms with Gasteiger partial charge < -0.3 is 4.57 Å². The molecular formula is C17H12F3N5. The van der Waals surface area contributed by atoms with Crippen molar-refractivity contribution in [3.63, 3.8) is 0 Å². The first-order chi connectivity index (χ1) is 12.0. The molecule has 25 heavy (non-hydrogen) atoms. The number of aromatic amines is 1. The van der Waals surface area contributed by atoms with Gasteiger partial charge in [0, 0.05) is 29.2 Å². The van der Waals surface area contributed by atoms with Crippen molar-refractivity contribution in [1.29, 1.82) is 0 Å². The number of tetrazole rings is 1. The molecule has 0 radical (unpaired) electrons. The van der Waals surface area contributed by atoms with Crippen LogP contribution in [0.25, 0.3) is 22.3 Å². The van der Waals surface area contributed by atoms with Crippen LogP contribution in [0, 0.1) is 0 Å². The number of nitrogens with one attached hydrogen (secondary N) is 1. The fourth-order valence-corrected chi connectivity index (χ4v) is 2.76. The second-order valence-electron chi connectivity index (χ2n) is 5.65. The van der Waals surface area contributed by atoms with Crippen LogP contribution in [0.3, 0.4) is 0 Å². The Morgan fingerprint density at radius 1 is 1.00 bits per heavy atom. The van der Waals surface area contributed by atoms with E-state index < -0.39 is 11.7 Å². The summed E-state index contributed by atoms with van der Waals surface area (Å²) in [4.78, 5) is 0. The van der Waals surface area contributed by atoms with Gasteiger partial charge in [-0.3, -0.25) is 0 Å². The molecule has 2 aromatic carbocycles. The Kier molecular flexibility index (Phi) is 3.52. The molecule has 0 fully saturated rings. The molecule has 0 saturated heterocycles. The highest BCUT2D eigenvalue weighted by Gasteiger charge is 2.29. The Morgan fingerprint density at radius 3 is 2.48 bits per heavy atom. The minimum atomic E-state index is -4.32. The molecule has 5 nitrogen and oxygen atoms in total. The summed E-state index contributed by atoms with van der Waals surface area (Å²) >= 11 is 0. The molecule has 8 heteroatoms.